The van der Waals surface area contributed by atoms with Crippen LogP contribution in [0.4, 0.5) is 0 Å². The first-order valence-corrected chi connectivity index (χ1v) is 7.69. The molecule has 1 aliphatic rings. The smallest absolute Gasteiger partial charge is 0.238 e. The van der Waals surface area contributed by atoms with Crippen molar-refractivity contribution in [1.82, 2.24) is 15.1 Å². The molecule has 116 valence electrons. The number of ether oxygens (including phenoxy) is 2. The maximum absolute atomic E-state index is 5.71. The first-order valence-electron chi connectivity index (χ1n) is 7.31. The Balaban J connectivity index is 1.74. The molecule has 0 bridgehead atoms. The molecular formula is C16H18ClN3O2. The van der Waals surface area contributed by atoms with Crippen molar-refractivity contribution < 1.29 is 9.47 Å². The monoisotopic (exact) mass is 319 g/mol. The Hall–Kier alpha value is -1.85. The summed E-state index contributed by atoms with van der Waals surface area (Å²) >= 11 is 5.71. The van der Waals surface area contributed by atoms with Gasteiger partial charge in [-0.3, -0.25) is 4.90 Å². The number of likely N-dealkylation sites (tertiary alicyclic amines) is 1. The van der Waals surface area contributed by atoms with Gasteiger partial charge in [0.15, 0.2) is 5.15 Å². The minimum Gasteiger partial charge on any atom is -0.496 e. The third-order valence-electron chi connectivity index (χ3n) is 3.68. The van der Waals surface area contributed by atoms with E-state index in [1.807, 2.05) is 18.2 Å². The van der Waals surface area contributed by atoms with E-state index in [0.29, 0.717) is 16.8 Å². The third-order valence-corrected chi connectivity index (χ3v) is 3.88. The van der Waals surface area contributed by atoms with E-state index in [9.17, 15) is 0 Å². The van der Waals surface area contributed by atoms with Gasteiger partial charge in [-0.2, -0.15) is 0 Å². The molecular weight excluding hydrogens is 302 g/mol. The molecule has 1 aromatic carbocycles. The van der Waals surface area contributed by atoms with Crippen LogP contribution < -0.4 is 9.47 Å². The van der Waals surface area contributed by atoms with E-state index in [2.05, 4.69) is 15.1 Å². The second-order valence-electron chi connectivity index (χ2n) is 5.25. The average molecular weight is 320 g/mol. The zero-order valence-corrected chi connectivity index (χ0v) is 13.2. The van der Waals surface area contributed by atoms with E-state index >= 15 is 0 Å². The minimum atomic E-state index is 0.339. The van der Waals surface area contributed by atoms with Crippen molar-refractivity contribution in [3.8, 4) is 17.4 Å². The predicted octanol–water partition coefficient (Wildman–Crippen LogP) is 3.53. The first-order chi connectivity index (χ1) is 10.7. The van der Waals surface area contributed by atoms with Gasteiger partial charge in [-0.15, -0.1) is 10.2 Å². The van der Waals surface area contributed by atoms with E-state index in [1.165, 1.54) is 18.4 Å². The number of benzene rings is 1. The van der Waals surface area contributed by atoms with Crippen LogP contribution in [-0.2, 0) is 6.54 Å². The molecule has 0 spiro atoms. The van der Waals surface area contributed by atoms with Gasteiger partial charge in [-0.1, -0.05) is 17.7 Å². The summed E-state index contributed by atoms with van der Waals surface area (Å²) in [6.07, 6.45) is 2.55. The van der Waals surface area contributed by atoms with Crippen molar-refractivity contribution in [2.45, 2.75) is 19.4 Å². The number of nitrogens with zero attached hydrogens (tertiary/aromatic N) is 3. The van der Waals surface area contributed by atoms with Gasteiger partial charge < -0.3 is 9.47 Å². The van der Waals surface area contributed by atoms with Gasteiger partial charge in [0, 0.05) is 24.2 Å². The van der Waals surface area contributed by atoms with Crippen LogP contribution in [0.5, 0.6) is 17.4 Å². The van der Waals surface area contributed by atoms with Crippen molar-refractivity contribution in [1.29, 1.82) is 0 Å². The Bertz CT molecular complexity index is 628. The molecule has 0 atom stereocenters. The van der Waals surface area contributed by atoms with Gasteiger partial charge in [-0.25, -0.2) is 0 Å². The average Bonchev–Trinajstić information content (AvgIpc) is 3.04. The van der Waals surface area contributed by atoms with Crippen LogP contribution in [0.1, 0.15) is 18.4 Å². The highest BCUT2D eigenvalue weighted by Gasteiger charge is 2.15. The zero-order valence-electron chi connectivity index (χ0n) is 12.5. The van der Waals surface area contributed by atoms with Crippen molar-refractivity contribution in [3.63, 3.8) is 0 Å². The number of aromatic nitrogens is 2. The second-order valence-corrected chi connectivity index (χ2v) is 5.64. The fourth-order valence-electron chi connectivity index (χ4n) is 2.58. The Kier molecular flexibility index (Phi) is 4.75. The van der Waals surface area contributed by atoms with E-state index in [0.717, 1.165) is 25.4 Å². The van der Waals surface area contributed by atoms with E-state index in [-0.39, 0.29) is 0 Å². The third kappa shape index (κ3) is 3.67. The van der Waals surface area contributed by atoms with Gasteiger partial charge >= 0.3 is 0 Å². The second kappa shape index (κ2) is 6.94. The summed E-state index contributed by atoms with van der Waals surface area (Å²) in [5.41, 5.74) is 1.17. The van der Waals surface area contributed by atoms with Crippen LogP contribution in [0.3, 0.4) is 0 Å². The SMILES string of the molecule is COc1cc(Oc2ccc(Cl)nn2)ccc1CN1CCCC1. The Morgan fingerprint density at radius 1 is 1.14 bits per heavy atom. The molecule has 1 aliphatic heterocycles. The first kappa shape index (κ1) is 15.1. The molecule has 3 rings (SSSR count). The molecule has 1 fully saturated rings. The van der Waals surface area contributed by atoms with E-state index in [4.69, 9.17) is 21.1 Å². The molecule has 22 heavy (non-hydrogen) atoms. The largest absolute Gasteiger partial charge is 0.496 e. The molecule has 1 aromatic heterocycles. The maximum atomic E-state index is 5.71. The van der Waals surface area contributed by atoms with E-state index < -0.39 is 0 Å². The van der Waals surface area contributed by atoms with Crippen LogP contribution >= 0.6 is 11.6 Å². The molecule has 0 radical (unpaired) electrons. The highest BCUT2D eigenvalue weighted by molar-refractivity contribution is 6.29. The van der Waals surface area contributed by atoms with Gasteiger partial charge in [0.2, 0.25) is 5.88 Å². The lowest BCUT2D eigenvalue weighted by molar-refractivity contribution is 0.320. The lowest BCUT2D eigenvalue weighted by Gasteiger charge is -2.17. The summed E-state index contributed by atoms with van der Waals surface area (Å²) in [5.74, 6) is 1.89. The van der Waals surface area contributed by atoms with Crippen LogP contribution in [0.25, 0.3) is 0 Å². The fraction of sp³-hybridized carbons (Fsp3) is 0.375. The van der Waals surface area contributed by atoms with Crippen LogP contribution in [0.15, 0.2) is 30.3 Å². The quantitative estimate of drug-likeness (QED) is 0.843. The summed E-state index contributed by atoms with van der Waals surface area (Å²) < 4.78 is 11.2. The lowest BCUT2D eigenvalue weighted by atomic mass is 10.2. The van der Waals surface area contributed by atoms with Gasteiger partial charge in [0.1, 0.15) is 11.5 Å². The topological polar surface area (TPSA) is 47.5 Å². The minimum absolute atomic E-state index is 0.339. The maximum Gasteiger partial charge on any atom is 0.238 e. The zero-order chi connectivity index (χ0) is 15.4. The van der Waals surface area contributed by atoms with Crippen molar-refractivity contribution in [3.05, 3.63) is 41.0 Å². The van der Waals surface area contributed by atoms with Crippen LogP contribution in [0.2, 0.25) is 5.15 Å². The Labute approximate surface area is 134 Å². The molecule has 2 heterocycles. The Morgan fingerprint density at radius 2 is 1.95 bits per heavy atom. The summed E-state index contributed by atoms with van der Waals surface area (Å²) in [5, 5.41) is 7.98. The van der Waals surface area contributed by atoms with Crippen molar-refractivity contribution in [2.24, 2.45) is 0 Å². The fourth-order valence-corrected chi connectivity index (χ4v) is 2.68. The Morgan fingerprint density at radius 3 is 2.64 bits per heavy atom. The molecule has 2 aromatic rings. The van der Waals surface area contributed by atoms with Crippen molar-refractivity contribution in [2.75, 3.05) is 20.2 Å². The van der Waals surface area contributed by atoms with Gasteiger partial charge in [0.25, 0.3) is 0 Å². The number of methoxy groups -OCH3 is 1. The number of hydrogen-bond acceptors (Lipinski definition) is 5. The summed E-state index contributed by atoms with van der Waals surface area (Å²) in [4.78, 5) is 2.43. The van der Waals surface area contributed by atoms with E-state index in [1.54, 1.807) is 19.2 Å². The van der Waals surface area contributed by atoms with Crippen molar-refractivity contribution >= 4 is 11.6 Å². The number of rotatable bonds is 5. The molecule has 0 unspecified atom stereocenters. The number of halogens is 1. The van der Waals surface area contributed by atoms with Crippen LogP contribution in [0, 0.1) is 0 Å². The molecule has 5 nitrogen and oxygen atoms in total. The molecule has 0 saturated carbocycles. The predicted molar refractivity (Wildman–Crippen MR) is 84.6 cm³/mol. The molecule has 6 heteroatoms. The highest BCUT2D eigenvalue weighted by Crippen LogP contribution is 2.29. The normalized spacial score (nSPS) is 15.0. The lowest BCUT2D eigenvalue weighted by Crippen LogP contribution is -2.18. The molecule has 0 N–H and O–H groups in total. The van der Waals surface area contributed by atoms with Gasteiger partial charge in [0.05, 0.1) is 7.11 Å². The summed E-state index contributed by atoms with van der Waals surface area (Å²) in [6.45, 7) is 3.22. The summed E-state index contributed by atoms with van der Waals surface area (Å²) in [7, 11) is 1.68. The number of hydrogen-bond donors (Lipinski definition) is 0. The van der Waals surface area contributed by atoms with Crippen LogP contribution in [-0.4, -0.2) is 35.3 Å². The molecule has 0 aliphatic carbocycles. The van der Waals surface area contributed by atoms with Gasteiger partial charge in [-0.05, 0) is 38.1 Å². The summed E-state index contributed by atoms with van der Waals surface area (Å²) in [6, 6.07) is 9.16. The molecule has 0 amide bonds. The standard InChI is InChI=1S/C16H18ClN3O2/c1-21-14-10-13(22-16-7-6-15(17)18-19-16)5-4-12(14)11-20-8-2-3-9-20/h4-7,10H,2-3,8-9,11H2,1H3. The highest BCUT2D eigenvalue weighted by atomic mass is 35.5. The molecule has 1 saturated heterocycles.